The monoisotopic (exact) mass is 277 g/mol. The Morgan fingerprint density at radius 2 is 1.80 bits per heavy atom. The number of anilines is 1. The molecule has 0 saturated carbocycles. The molecular weight excluding hydrogens is 258 g/mol. The Kier molecular flexibility index (Phi) is 4.91. The van der Waals surface area contributed by atoms with Gasteiger partial charge in [-0.1, -0.05) is 18.7 Å². The van der Waals surface area contributed by atoms with Crippen LogP contribution < -0.4 is 5.32 Å². The van der Waals surface area contributed by atoms with Crippen LogP contribution in [0.15, 0.2) is 36.4 Å². The highest BCUT2D eigenvalue weighted by molar-refractivity contribution is 5.86. The smallest absolute Gasteiger partial charge is 0.412 e. The van der Waals surface area contributed by atoms with Gasteiger partial charge in [0.05, 0.1) is 0 Å². The van der Waals surface area contributed by atoms with Crippen molar-refractivity contribution in [2.45, 2.75) is 32.8 Å². The molecule has 5 nitrogen and oxygen atoms in total. The Morgan fingerprint density at radius 3 is 2.25 bits per heavy atom. The number of hydrogen-bond acceptors (Lipinski definition) is 3. The number of carboxylic acids is 1. The molecule has 0 aromatic heterocycles. The third-order valence-corrected chi connectivity index (χ3v) is 2.32. The predicted octanol–water partition coefficient (Wildman–Crippen LogP) is 3.22. The van der Waals surface area contributed by atoms with E-state index in [1.54, 1.807) is 45.0 Å². The van der Waals surface area contributed by atoms with Crippen molar-refractivity contribution in [2.75, 3.05) is 5.32 Å². The Balaban J connectivity index is 2.61. The molecule has 1 rings (SSSR count). The van der Waals surface area contributed by atoms with Gasteiger partial charge in [0.2, 0.25) is 0 Å². The number of carbonyl (C=O) groups is 2. The number of carboxylic acid groups (broad SMARTS) is 1. The van der Waals surface area contributed by atoms with Gasteiger partial charge in [-0.25, -0.2) is 9.59 Å². The van der Waals surface area contributed by atoms with Gasteiger partial charge in [0, 0.05) is 17.7 Å². The molecule has 0 radical (unpaired) electrons. The van der Waals surface area contributed by atoms with Crippen molar-refractivity contribution in [3.05, 3.63) is 42.0 Å². The van der Waals surface area contributed by atoms with Gasteiger partial charge in [0.1, 0.15) is 5.60 Å². The van der Waals surface area contributed by atoms with E-state index in [1.807, 2.05) is 0 Å². The molecule has 0 bridgehead atoms. The van der Waals surface area contributed by atoms with Gasteiger partial charge >= 0.3 is 12.1 Å². The first-order chi connectivity index (χ1) is 9.17. The quantitative estimate of drug-likeness (QED) is 0.828. The minimum Gasteiger partial charge on any atom is -0.478 e. The summed E-state index contributed by atoms with van der Waals surface area (Å²) in [6.07, 6.45) is -0.262. The zero-order valence-electron chi connectivity index (χ0n) is 11.9. The summed E-state index contributed by atoms with van der Waals surface area (Å²) < 4.78 is 5.13. The van der Waals surface area contributed by atoms with Crippen molar-refractivity contribution < 1.29 is 19.4 Å². The minimum absolute atomic E-state index is 0.123. The number of aliphatic carboxylic acids is 1. The average molecular weight is 277 g/mol. The van der Waals surface area contributed by atoms with Crippen LogP contribution in [0, 0.1) is 0 Å². The van der Waals surface area contributed by atoms with E-state index in [1.165, 1.54) is 0 Å². The van der Waals surface area contributed by atoms with Gasteiger partial charge in [0.25, 0.3) is 0 Å². The fourth-order valence-corrected chi connectivity index (χ4v) is 1.45. The van der Waals surface area contributed by atoms with Crippen molar-refractivity contribution in [2.24, 2.45) is 0 Å². The normalized spacial score (nSPS) is 10.8. The van der Waals surface area contributed by atoms with E-state index in [0.29, 0.717) is 5.69 Å². The number of amides is 1. The van der Waals surface area contributed by atoms with E-state index in [9.17, 15) is 9.59 Å². The maximum absolute atomic E-state index is 11.6. The van der Waals surface area contributed by atoms with Crippen LogP contribution in [0.25, 0.3) is 0 Å². The molecule has 5 heteroatoms. The van der Waals surface area contributed by atoms with Crippen LogP contribution in [0.3, 0.4) is 0 Å². The topological polar surface area (TPSA) is 75.6 Å². The highest BCUT2D eigenvalue weighted by Gasteiger charge is 2.16. The molecule has 0 aliphatic carbocycles. The summed E-state index contributed by atoms with van der Waals surface area (Å²) in [5.74, 6) is -1.01. The highest BCUT2D eigenvalue weighted by atomic mass is 16.6. The lowest BCUT2D eigenvalue weighted by molar-refractivity contribution is -0.132. The molecule has 0 aliphatic heterocycles. The molecule has 0 fully saturated rings. The highest BCUT2D eigenvalue weighted by Crippen LogP contribution is 2.14. The van der Waals surface area contributed by atoms with Gasteiger partial charge in [-0.15, -0.1) is 0 Å². The van der Waals surface area contributed by atoms with Crippen molar-refractivity contribution >= 4 is 17.7 Å². The number of rotatable bonds is 4. The third kappa shape index (κ3) is 5.56. The van der Waals surface area contributed by atoms with E-state index in [4.69, 9.17) is 9.84 Å². The molecule has 0 unspecified atom stereocenters. The molecule has 1 aromatic rings. The van der Waals surface area contributed by atoms with Crippen molar-refractivity contribution in [1.29, 1.82) is 0 Å². The average Bonchev–Trinajstić information content (AvgIpc) is 2.28. The minimum atomic E-state index is -1.01. The van der Waals surface area contributed by atoms with Crippen LogP contribution in [0.2, 0.25) is 0 Å². The van der Waals surface area contributed by atoms with Gasteiger partial charge in [-0.3, -0.25) is 5.32 Å². The number of benzene rings is 1. The summed E-state index contributed by atoms with van der Waals surface area (Å²) in [5.41, 5.74) is 0.970. The Bertz CT molecular complexity index is 512. The molecule has 1 amide bonds. The Hall–Kier alpha value is -2.30. The van der Waals surface area contributed by atoms with Crippen molar-refractivity contribution in [3.63, 3.8) is 0 Å². The first-order valence-electron chi connectivity index (χ1n) is 6.17. The number of carbonyl (C=O) groups excluding carboxylic acids is 1. The van der Waals surface area contributed by atoms with Gasteiger partial charge in [-0.2, -0.15) is 0 Å². The molecule has 0 heterocycles. The standard InChI is InChI=1S/C15H19NO4/c1-10(13(17)18)9-11-5-7-12(8-6-11)16-14(19)20-15(2,3)4/h5-8H,1,9H2,2-4H3,(H,16,19)(H,17,18). The maximum atomic E-state index is 11.6. The second-order valence-corrected chi connectivity index (χ2v) is 5.41. The molecule has 1 aromatic carbocycles. The van der Waals surface area contributed by atoms with E-state index in [-0.39, 0.29) is 12.0 Å². The predicted molar refractivity (Wildman–Crippen MR) is 76.8 cm³/mol. The summed E-state index contributed by atoms with van der Waals surface area (Å²) >= 11 is 0. The molecule has 0 aliphatic rings. The van der Waals surface area contributed by atoms with Crippen LogP contribution in [0.4, 0.5) is 10.5 Å². The molecule has 0 atom stereocenters. The summed E-state index contributed by atoms with van der Waals surface area (Å²) in [6.45, 7) is 8.83. The molecule has 2 N–H and O–H groups in total. The van der Waals surface area contributed by atoms with E-state index in [0.717, 1.165) is 5.56 Å². The van der Waals surface area contributed by atoms with Gasteiger partial charge in [-0.05, 0) is 38.5 Å². The van der Waals surface area contributed by atoms with E-state index >= 15 is 0 Å². The van der Waals surface area contributed by atoms with Gasteiger partial charge < -0.3 is 9.84 Å². The SMILES string of the molecule is C=C(Cc1ccc(NC(=O)OC(C)(C)C)cc1)C(=O)O. The molecule has 0 saturated heterocycles. The van der Waals surface area contributed by atoms with E-state index in [2.05, 4.69) is 11.9 Å². The Labute approximate surface area is 118 Å². The zero-order chi connectivity index (χ0) is 15.3. The first-order valence-corrected chi connectivity index (χ1v) is 6.17. The van der Waals surface area contributed by atoms with Crippen LogP contribution in [-0.2, 0) is 16.0 Å². The Morgan fingerprint density at radius 1 is 1.25 bits per heavy atom. The largest absolute Gasteiger partial charge is 0.478 e. The number of nitrogens with one attached hydrogen (secondary N) is 1. The lowest BCUT2D eigenvalue weighted by atomic mass is 10.1. The van der Waals surface area contributed by atoms with Crippen molar-refractivity contribution in [1.82, 2.24) is 0 Å². The third-order valence-electron chi connectivity index (χ3n) is 2.32. The first kappa shape index (κ1) is 15.8. The lowest BCUT2D eigenvalue weighted by Crippen LogP contribution is -2.27. The van der Waals surface area contributed by atoms with Gasteiger partial charge in [0.15, 0.2) is 0 Å². The van der Waals surface area contributed by atoms with E-state index < -0.39 is 17.7 Å². The zero-order valence-corrected chi connectivity index (χ0v) is 11.9. The second-order valence-electron chi connectivity index (χ2n) is 5.41. The summed E-state index contributed by atoms with van der Waals surface area (Å²) in [7, 11) is 0. The van der Waals surface area contributed by atoms with Crippen LogP contribution in [0.5, 0.6) is 0 Å². The summed E-state index contributed by atoms with van der Waals surface area (Å²) in [4.78, 5) is 22.2. The lowest BCUT2D eigenvalue weighted by Gasteiger charge is -2.19. The fraction of sp³-hybridized carbons (Fsp3) is 0.333. The second kappa shape index (κ2) is 6.23. The number of ether oxygens (including phenoxy) is 1. The van der Waals surface area contributed by atoms with Crippen LogP contribution in [0.1, 0.15) is 26.3 Å². The summed E-state index contributed by atoms with van der Waals surface area (Å²) in [5, 5.41) is 11.4. The molecule has 20 heavy (non-hydrogen) atoms. The van der Waals surface area contributed by atoms with Crippen molar-refractivity contribution in [3.8, 4) is 0 Å². The summed E-state index contributed by atoms with van der Waals surface area (Å²) in [6, 6.07) is 6.85. The number of hydrogen-bond donors (Lipinski definition) is 2. The molecular formula is C15H19NO4. The fourth-order valence-electron chi connectivity index (χ4n) is 1.45. The maximum Gasteiger partial charge on any atom is 0.412 e. The molecule has 0 spiro atoms. The molecule has 108 valence electrons. The van der Waals surface area contributed by atoms with Crippen LogP contribution in [-0.4, -0.2) is 22.8 Å². The van der Waals surface area contributed by atoms with Crippen LogP contribution >= 0.6 is 0 Å².